The van der Waals surface area contributed by atoms with Gasteiger partial charge in [0.15, 0.2) is 5.82 Å². The Morgan fingerprint density at radius 3 is 2.42 bits per heavy atom. The van der Waals surface area contributed by atoms with E-state index in [1.807, 2.05) is 26.0 Å². The molecule has 0 aliphatic rings. The highest BCUT2D eigenvalue weighted by Crippen LogP contribution is 2.28. The van der Waals surface area contributed by atoms with E-state index in [1.165, 1.54) is 24.3 Å². The zero-order chi connectivity index (χ0) is 27.4. The van der Waals surface area contributed by atoms with Crippen LogP contribution in [0.3, 0.4) is 0 Å². The third kappa shape index (κ3) is 6.30. The van der Waals surface area contributed by atoms with Crippen molar-refractivity contribution in [2.24, 2.45) is 0 Å². The van der Waals surface area contributed by atoms with Crippen molar-refractivity contribution in [2.45, 2.75) is 12.8 Å². The van der Waals surface area contributed by atoms with Crippen molar-refractivity contribution in [2.75, 3.05) is 44.4 Å². The molecule has 11 heteroatoms. The summed E-state index contributed by atoms with van der Waals surface area (Å²) in [6, 6.07) is 13.1. The minimum atomic E-state index is -0.676. The summed E-state index contributed by atoms with van der Waals surface area (Å²) in [4.78, 5) is 28.3. The van der Waals surface area contributed by atoms with Crippen LogP contribution in [0.1, 0.15) is 27.9 Å². The number of carbonyl (C=O) groups is 1. The average Bonchev–Trinajstić information content (AvgIpc) is 3.24. The fourth-order valence-electron chi connectivity index (χ4n) is 4.24. The van der Waals surface area contributed by atoms with Gasteiger partial charge in [-0.05, 0) is 81.0 Å². The lowest BCUT2D eigenvalue weighted by molar-refractivity contribution is -0.385. The molecule has 2 N–H and O–H groups in total. The summed E-state index contributed by atoms with van der Waals surface area (Å²) in [6.45, 7) is 1.58. The van der Waals surface area contributed by atoms with E-state index >= 15 is 0 Å². The van der Waals surface area contributed by atoms with E-state index < -0.39 is 22.5 Å². The van der Waals surface area contributed by atoms with Crippen molar-refractivity contribution in [1.82, 2.24) is 15.1 Å². The minimum Gasteiger partial charge on any atom is -0.374 e. The molecule has 0 aliphatic heterocycles. The van der Waals surface area contributed by atoms with Crippen LogP contribution >= 0.6 is 0 Å². The molecule has 38 heavy (non-hydrogen) atoms. The summed E-state index contributed by atoms with van der Waals surface area (Å²) in [5, 5.41) is 22.0. The van der Waals surface area contributed by atoms with E-state index in [0.717, 1.165) is 24.6 Å². The number of nitrogens with zero attached hydrogens (tertiary/aromatic N) is 4. The first kappa shape index (κ1) is 26.7. The number of anilines is 2. The molecule has 0 unspecified atom stereocenters. The number of aromatic nitrogens is 2. The van der Waals surface area contributed by atoms with Crippen molar-refractivity contribution in [3.8, 4) is 0 Å². The van der Waals surface area contributed by atoms with Crippen molar-refractivity contribution < 1.29 is 18.5 Å². The first-order valence-corrected chi connectivity index (χ1v) is 12.0. The Hall–Kier alpha value is -4.38. The highest BCUT2D eigenvalue weighted by atomic mass is 19.1. The van der Waals surface area contributed by atoms with Gasteiger partial charge in [-0.25, -0.2) is 8.78 Å². The van der Waals surface area contributed by atoms with Gasteiger partial charge in [-0.1, -0.05) is 6.07 Å². The highest BCUT2D eigenvalue weighted by Gasteiger charge is 2.23. The lowest BCUT2D eigenvalue weighted by Crippen LogP contribution is -2.23. The predicted molar refractivity (Wildman–Crippen MR) is 143 cm³/mol. The second kappa shape index (κ2) is 11.3. The molecule has 0 aliphatic carbocycles. The monoisotopic (exact) mass is 522 g/mol. The lowest BCUT2D eigenvalue weighted by Gasteiger charge is -2.20. The topological polar surface area (TPSA) is 107 Å². The van der Waals surface area contributed by atoms with Crippen LogP contribution in [0.25, 0.3) is 10.9 Å². The SMILES string of the molecule is CN(C)CCCN(C)c1ccc(C(=O)Nc2n[nH]c3ccc(Cc4cc(F)cc(F)c4)cc23)c([N+](=O)[O-])c1. The molecule has 0 saturated carbocycles. The van der Waals surface area contributed by atoms with Gasteiger partial charge >= 0.3 is 0 Å². The number of halogens is 2. The first-order valence-electron chi connectivity index (χ1n) is 12.0. The molecule has 9 nitrogen and oxygen atoms in total. The van der Waals surface area contributed by atoms with Gasteiger partial charge in [-0.15, -0.1) is 0 Å². The number of nitro benzene ring substituents is 1. The Kier molecular flexibility index (Phi) is 7.96. The van der Waals surface area contributed by atoms with E-state index in [0.29, 0.717) is 28.7 Å². The molecule has 4 rings (SSSR count). The molecule has 0 fully saturated rings. The molecule has 1 amide bonds. The zero-order valence-corrected chi connectivity index (χ0v) is 21.3. The summed E-state index contributed by atoms with van der Waals surface area (Å²) in [7, 11) is 5.81. The molecular weight excluding hydrogens is 494 g/mol. The number of aromatic amines is 1. The third-order valence-corrected chi connectivity index (χ3v) is 6.15. The second-order valence-electron chi connectivity index (χ2n) is 9.40. The summed E-state index contributed by atoms with van der Waals surface area (Å²) < 4.78 is 27.2. The maximum atomic E-state index is 13.6. The van der Waals surface area contributed by atoms with Crippen LogP contribution in [-0.2, 0) is 6.42 Å². The van der Waals surface area contributed by atoms with E-state index in [9.17, 15) is 23.7 Å². The molecule has 3 aromatic carbocycles. The van der Waals surface area contributed by atoms with Crippen LogP contribution in [0, 0.1) is 21.7 Å². The standard InChI is InChI=1S/C27H28F2N6O3/c1-33(2)9-4-10-34(3)21-6-7-22(25(16-21)35(37)38)27(36)30-26-23-14-17(5-8-24(23)31-32-26)11-18-12-19(28)15-20(29)13-18/h5-8,12-16H,4,9-11H2,1-3H3,(H2,30,31,32,36). The van der Waals surface area contributed by atoms with Crippen molar-refractivity contribution in [3.05, 3.63) is 93.0 Å². The van der Waals surface area contributed by atoms with E-state index in [1.54, 1.807) is 24.3 Å². The Morgan fingerprint density at radius 1 is 1.00 bits per heavy atom. The van der Waals surface area contributed by atoms with E-state index in [2.05, 4.69) is 20.4 Å². The number of fused-ring (bicyclic) bond motifs is 1. The molecule has 198 valence electrons. The number of amides is 1. The fraction of sp³-hybridized carbons (Fsp3) is 0.259. The van der Waals surface area contributed by atoms with Gasteiger partial charge in [0.25, 0.3) is 11.6 Å². The maximum absolute atomic E-state index is 13.6. The summed E-state index contributed by atoms with van der Waals surface area (Å²) >= 11 is 0. The van der Waals surface area contributed by atoms with Crippen molar-refractivity contribution in [1.29, 1.82) is 0 Å². The Bertz CT molecular complexity index is 1470. The van der Waals surface area contributed by atoms with Crippen LogP contribution in [-0.4, -0.2) is 60.2 Å². The Labute approximate surface area is 218 Å². The molecule has 1 aromatic heterocycles. The zero-order valence-electron chi connectivity index (χ0n) is 21.3. The minimum absolute atomic E-state index is 0.0945. The number of benzene rings is 3. The molecule has 0 saturated heterocycles. The van der Waals surface area contributed by atoms with Crippen LogP contribution in [0.15, 0.2) is 54.6 Å². The lowest BCUT2D eigenvalue weighted by atomic mass is 10.0. The van der Waals surface area contributed by atoms with Crippen LogP contribution < -0.4 is 10.2 Å². The number of carbonyl (C=O) groups excluding carboxylic acids is 1. The van der Waals surface area contributed by atoms with Crippen molar-refractivity contribution >= 4 is 34.0 Å². The molecular formula is C27H28F2N6O3. The normalized spacial score (nSPS) is 11.2. The van der Waals surface area contributed by atoms with Crippen LogP contribution in [0.2, 0.25) is 0 Å². The summed E-state index contributed by atoms with van der Waals surface area (Å²) in [5.41, 5.74) is 2.05. The fourth-order valence-corrected chi connectivity index (χ4v) is 4.24. The predicted octanol–water partition coefficient (Wildman–Crippen LogP) is 4.98. The number of nitro groups is 1. The van der Waals surface area contributed by atoms with Gasteiger partial charge in [0.2, 0.25) is 0 Å². The maximum Gasteiger partial charge on any atom is 0.284 e. The molecule has 4 aromatic rings. The summed E-state index contributed by atoms with van der Waals surface area (Å²) in [5.74, 6) is -1.81. The first-order chi connectivity index (χ1) is 18.1. The number of hydrogen-bond donors (Lipinski definition) is 2. The van der Waals surface area contributed by atoms with Crippen molar-refractivity contribution in [3.63, 3.8) is 0 Å². The van der Waals surface area contributed by atoms with Gasteiger partial charge in [0, 0.05) is 36.8 Å². The quantitative estimate of drug-likeness (QED) is 0.225. The third-order valence-electron chi connectivity index (χ3n) is 6.15. The van der Waals surface area contributed by atoms with Gasteiger partial charge in [0.05, 0.1) is 10.4 Å². The number of hydrogen-bond acceptors (Lipinski definition) is 6. The molecule has 0 radical (unpaired) electrons. The smallest absolute Gasteiger partial charge is 0.284 e. The average molecular weight is 523 g/mol. The van der Waals surface area contributed by atoms with Crippen LogP contribution in [0.4, 0.5) is 26.0 Å². The van der Waals surface area contributed by atoms with Gasteiger partial charge in [0.1, 0.15) is 17.2 Å². The van der Waals surface area contributed by atoms with E-state index in [4.69, 9.17) is 0 Å². The molecule has 0 spiro atoms. The molecule has 0 atom stereocenters. The van der Waals surface area contributed by atoms with E-state index in [-0.39, 0.29) is 23.5 Å². The highest BCUT2D eigenvalue weighted by molar-refractivity contribution is 6.10. The number of rotatable bonds is 10. The van der Waals surface area contributed by atoms with Crippen LogP contribution in [0.5, 0.6) is 0 Å². The second-order valence-corrected chi connectivity index (χ2v) is 9.40. The van der Waals surface area contributed by atoms with Gasteiger partial charge in [-0.2, -0.15) is 5.10 Å². The van der Waals surface area contributed by atoms with Gasteiger partial charge < -0.3 is 15.1 Å². The largest absolute Gasteiger partial charge is 0.374 e. The Balaban J connectivity index is 1.55. The number of nitrogens with one attached hydrogen (secondary N) is 2. The summed E-state index contributed by atoms with van der Waals surface area (Å²) in [6.07, 6.45) is 1.14. The van der Waals surface area contributed by atoms with Gasteiger partial charge in [-0.3, -0.25) is 20.0 Å². The molecule has 0 bridgehead atoms. The number of H-pyrrole nitrogens is 1. The molecule has 1 heterocycles. The Morgan fingerprint density at radius 2 is 1.74 bits per heavy atom.